The average Bonchev–Trinajstić information content (AvgIpc) is 2.69. The van der Waals surface area contributed by atoms with Gasteiger partial charge in [-0.2, -0.15) is 0 Å². The van der Waals surface area contributed by atoms with Crippen LogP contribution in [0.3, 0.4) is 0 Å². The molecule has 0 fully saturated rings. The molecule has 0 aliphatic carbocycles. The Morgan fingerprint density at radius 2 is 1.77 bits per heavy atom. The number of nitrogens with one attached hydrogen (secondary N) is 2. The SMILES string of the molecule is COCCNS(=O)(=O)c1ccc(OCC(=O)NC(C)c2cc(C)c(C)cc2C)c(Cl)c1. The fraction of sp³-hybridized carbons (Fsp3) is 0.409. The second-order valence-electron chi connectivity index (χ2n) is 7.35. The fourth-order valence-corrected chi connectivity index (χ4v) is 4.42. The predicted octanol–water partition coefficient (Wildman–Crippen LogP) is 3.45. The number of hydrogen-bond donors (Lipinski definition) is 2. The Labute approximate surface area is 189 Å². The lowest BCUT2D eigenvalue weighted by molar-refractivity contribution is -0.123. The van der Waals surface area contributed by atoms with Gasteiger partial charge in [-0.3, -0.25) is 4.79 Å². The Morgan fingerprint density at radius 3 is 2.42 bits per heavy atom. The van der Waals surface area contributed by atoms with Gasteiger partial charge in [0, 0.05) is 13.7 Å². The topological polar surface area (TPSA) is 93.7 Å². The Morgan fingerprint density at radius 1 is 1.10 bits per heavy atom. The van der Waals surface area contributed by atoms with Crippen LogP contribution in [0.1, 0.15) is 35.2 Å². The standard InChI is InChI=1S/C22H29ClN2O5S/c1-14-10-16(3)19(11-15(14)2)17(4)25-22(26)13-30-21-7-6-18(12-20(21)23)31(27,28)24-8-9-29-5/h6-7,10-12,17,24H,8-9,13H2,1-5H3,(H,25,26). The number of rotatable bonds is 10. The first kappa shape index (κ1) is 25.1. The molecule has 0 aliphatic rings. The Kier molecular flexibility index (Phi) is 8.88. The molecule has 0 heterocycles. The number of aryl methyl sites for hydroxylation is 3. The van der Waals surface area contributed by atoms with Gasteiger partial charge >= 0.3 is 0 Å². The largest absolute Gasteiger partial charge is 0.482 e. The summed E-state index contributed by atoms with van der Waals surface area (Å²) < 4.78 is 37.2. The molecule has 0 aromatic heterocycles. The first-order valence-electron chi connectivity index (χ1n) is 9.83. The normalized spacial score (nSPS) is 12.5. The molecule has 2 rings (SSSR count). The molecule has 9 heteroatoms. The van der Waals surface area contributed by atoms with Crippen LogP contribution < -0.4 is 14.8 Å². The fourth-order valence-electron chi connectivity index (χ4n) is 3.08. The van der Waals surface area contributed by atoms with E-state index in [1.165, 1.54) is 30.9 Å². The van der Waals surface area contributed by atoms with Crippen LogP contribution in [0.25, 0.3) is 0 Å². The van der Waals surface area contributed by atoms with E-state index in [1.807, 2.05) is 20.8 Å². The van der Waals surface area contributed by atoms with Crippen molar-refractivity contribution >= 4 is 27.5 Å². The molecular formula is C22H29ClN2O5S. The second kappa shape index (κ2) is 10.9. The van der Waals surface area contributed by atoms with Crippen molar-refractivity contribution in [1.29, 1.82) is 0 Å². The molecule has 1 atom stereocenters. The van der Waals surface area contributed by atoms with E-state index in [9.17, 15) is 13.2 Å². The van der Waals surface area contributed by atoms with Crippen molar-refractivity contribution in [1.82, 2.24) is 10.0 Å². The van der Waals surface area contributed by atoms with Gasteiger partial charge in [0.2, 0.25) is 10.0 Å². The minimum absolute atomic E-state index is 0.00393. The molecule has 2 aromatic rings. The first-order valence-corrected chi connectivity index (χ1v) is 11.7. The molecule has 0 spiro atoms. The third-order valence-electron chi connectivity index (χ3n) is 4.90. The number of methoxy groups -OCH3 is 1. The summed E-state index contributed by atoms with van der Waals surface area (Å²) in [6, 6.07) is 8.07. The molecule has 1 amide bonds. The van der Waals surface area contributed by atoms with Crippen LogP contribution in [0.5, 0.6) is 5.75 Å². The summed E-state index contributed by atoms with van der Waals surface area (Å²) in [5.41, 5.74) is 4.52. The average molecular weight is 469 g/mol. The quantitative estimate of drug-likeness (QED) is 0.521. The molecule has 1 unspecified atom stereocenters. The first-order chi connectivity index (χ1) is 14.5. The van der Waals surface area contributed by atoms with E-state index in [4.69, 9.17) is 21.1 Å². The van der Waals surface area contributed by atoms with Gasteiger partial charge in [-0.15, -0.1) is 0 Å². The summed E-state index contributed by atoms with van der Waals surface area (Å²) in [5.74, 6) is -0.0817. The van der Waals surface area contributed by atoms with E-state index in [2.05, 4.69) is 29.1 Å². The molecule has 170 valence electrons. The van der Waals surface area contributed by atoms with E-state index >= 15 is 0 Å². The van der Waals surface area contributed by atoms with Crippen molar-refractivity contribution < 1.29 is 22.7 Å². The minimum atomic E-state index is -3.71. The van der Waals surface area contributed by atoms with Crippen molar-refractivity contribution in [3.8, 4) is 5.75 Å². The lowest BCUT2D eigenvalue weighted by atomic mass is 9.96. The molecule has 0 bridgehead atoms. The minimum Gasteiger partial charge on any atom is -0.482 e. The van der Waals surface area contributed by atoms with Gasteiger partial charge in [-0.25, -0.2) is 13.1 Å². The number of sulfonamides is 1. The number of halogens is 1. The Hall–Kier alpha value is -2.13. The second-order valence-corrected chi connectivity index (χ2v) is 9.53. The highest BCUT2D eigenvalue weighted by Crippen LogP contribution is 2.27. The van der Waals surface area contributed by atoms with Gasteiger partial charge in [-0.05, 0) is 68.1 Å². The van der Waals surface area contributed by atoms with Crippen molar-refractivity contribution in [2.75, 3.05) is 26.9 Å². The zero-order valence-corrected chi connectivity index (χ0v) is 20.0. The number of benzene rings is 2. The molecule has 2 aromatic carbocycles. The molecular weight excluding hydrogens is 440 g/mol. The van der Waals surface area contributed by atoms with Crippen LogP contribution in [0, 0.1) is 20.8 Å². The van der Waals surface area contributed by atoms with Gasteiger partial charge in [-0.1, -0.05) is 23.7 Å². The maximum atomic E-state index is 12.4. The summed E-state index contributed by atoms with van der Waals surface area (Å²) in [5, 5.41) is 3.01. The van der Waals surface area contributed by atoms with Gasteiger partial charge in [0.1, 0.15) is 5.75 Å². The van der Waals surface area contributed by atoms with Gasteiger partial charge in [0.15, 0.2) is 6.61 Å². The highest BCUT2D eigenvalue weighted by Gasteiger charge is 2.17. The number of carbonyl (C=O) groups excluding carboxylic acids is 1. The van der Waals surface area contributed by atoms with Crippen molar-refractivity contribution in [2.45, 2.75) is 38.6 Å². The lowest BCUT2D eigenvalue weighted by Gasteiger charge is -2.19. The molecule has 31 heavy (non-hydrogen) atoms. The highest BCUT2D eigenvalue weighted by molar-refractivity contribution is 7.89. The monoisotopic (exact) mass is 468 g/mol. The van der Waals surface area contributed by atoms with Gasteiger partial charge in [0.05, 0.1) is 22.6 Å². The maximum Gasteiger partial charge on any atom is 0.258 e. The number of hydrogen-bond acceptors (Lipinski definition) is 5. The number of ether oxygens (including phenoxy) is 2. The molecule has 0 saturated heterocycles. The van der Waals surface area contributed by atoms with Crippen LogP contribution in [-0.2, 0) is 19.6 Å². The molecule has 2 N–H and O–H groups in total. The van der Waals surface area contributed by atoms with Gasteiger partial charge in [0.25, 0.3) is 5.91 Å². The maximum absolute atomic E-state index is 12.4. The summed E-state index contributed by atoms with van der Waals surface area (Å²) in [4.78, 5) is 12.4. The predicted molar refractivity (Wildman–Crippen MR) is 121 cm³/mol. The third kappa shape index (κ3) is 6.93. The number of amides is 1. The summed E-state index contributed by atoms with van der Waals surface area (Å²) in [6.07, 6.45) is 0. The van der Waals surface area contributed by atoms with Gasteiger partial charge < -0.3 is 14.8 Å². The zero-order chi connectivity index (χ0) is 23.2. The summed E-state index contributed by atoms with van der Waals surface area (Å²) in [7, 11) is -2.23. The van der Waals surface area contributed by atoms with Crippen molar-refractivity contribution in [3.63, 3.8) is 0 Å². The van der Waals surface area contributed by atoms with E-state index in [0.29, 0.717) is 0 Å². The molecule has 0 aliphatic heterocycles. The van der Waals surface area contributed by atoms with Crippen LogP contribution in [-0.4, -0.2) is 41.2 Å². The lowest BCUT2D eigenvalue weighted by Crippen LogP contribution is -2.31. The summed E-state index contributed by atoms with van der Waals surface area (Å²) in [6.45, 7) is 8.18. The summed E-state index contributed by atoms with van der Waals surface area (Å²) >= 11 is 6.16. The molecule has 0 radical (unpaired) electrons. The number of carbonyl (C=O) groups is 1. The molecule has 0 saturated carbocycles. The van der Waals surface area contributed by atoms with Crippen LogP contribution >= 0.6 is 11.6 Å². The Balaban J connectivity index is 1.98. The van der Waals surface area contributed by atoms with Crippen molar-refractivity contribution in [2.24, 2.45) is 0 Å². The van der Waals surface area contributed by atoms with E-state index in [1.54, 1.807) is 0 Å². The van der Waals surface area contributed by atoms with Crippen molar-refractivity contribution in [3.05, 3.63) is 57.6 Å². The van der Waals surface area contributed by atoms with E-state index in [-0.39, 0.29) is 47.4 Å². The molecule has 7 nitrogen and oxygen atoms in total. The van der Waals surface area contributed by atoms with Crippen LogP contribution in [0.2, 0.25) is 5.02 Å². The third-order valence-corrected chi connectivity index (χ3v) is 6.65. The van der Waals surface area contributed by atoms with Crippen LogP contribution in [0.4, 0.5) is 0 Å². The zero-order valence-electron chi connectivity index (χ0n) is 18.4. The van der Waals surface area contributed by atoms with E-state index in [0.717, 1.165) is 16.7 Å². The van der Waals surface area contributed by atoms with E-state index < -0.39 is 10.0 Å². The van der Waals surface area contributed by atoms with Crippen LogP contribution in [0.15, 0.2) is 35.2 Å². The Bertz CT molecular complexity index is 1040. The smallest absolute Gasteiger partial charge is 0.258 e. The highest BCUT2D eigenvalue weighted by atomic mass is 35.5.